The van der Waals surface area contributed by atoms with Crippen molar-refractivity contribution < 1.29 is 9.59 Å². The molecule has 1 aromatic carbocycles. The number of hydrogen-bond donors (Lipinski definition) is 1. The molecule has 1 fully saturated rings. The van der Waals surface area contributed by atoms with E-state index in [0.29, 0.717) is 18.5 Å². The first-order valence-electron chi connectivity index (χ1n) is 9.99. The average molecular weight is 401 g/mol. The van der Waals surface area contributed by atoms with Gasteiger partial charge in [0.1, 0.15) is 0 Å². The zero-order valence-corrected chi connectivity index (χ0v) is 16.6. The molecule has 0 bridgehead atoms. The Morgan fingerprint density at radius 2 is 1.87 bits per heavy atom. The fourth-order valence-corrected chi connectivity index (χ4v) is 3.90. The van der Waals surface area contributed by atoms with Gasteiger partial charge >= 0.3 is 0 Å². The molecule has 0 spiro atoms. The lowest BCUT2D eigenvalue weighted by atomic mass is 9.91. The number of nitrogens with zero attached hydrogens (tertiary/aromatic N) is 4. The smallest absolute Gasteiger partial charge is 0.248 e. The first-order valence-corrected chi connectivity index (χ1v) is 9.99. The van der Waals surface area contributed by atoms with Crippen molar-refractivity contribution in [2.45, 2.75) is 25.2 Å². The van der Waals surface area contributed by atoms with E-state index < -0.39 is 5.91 Å². The molecule has 7 heteroatoms. The molecule has 2 aromatic heterocycles. The van der Waals surface area contributed by atoms with Crippen molar-refractivity contribution in [3.63, 3.8) is 0 Å². The highest BCUT2D eigenvalue weighted by atomic mass is 16.2. The summed E-state index contributed by atoms with van der Waals surface area (Å²) < 4.78 is 0. The number of amides is 2. The third-order valence-corrected chi connectivity index (χ3v) is 5.41. The van der Waals surface area contributed by atoms with E-state index in [-0.39, 0.29) is 11.8 Å². The van der Waals surface area contributed by atoms with Crippen molar-refractivity contribution in [2.75, 3.05) is 13.1 Å². The number of rotatable bonds is 5. The van der Waals surface area contributed by atoms with Crippen LogP contribution in [-0.4, -0.2) is 44.8 Å². The van der Waals surface area contributed by atoms with Crippen LogP contribution in [-0.2, 0) is 11.2 Å². The Morgan fingerprint density at radius 1 is 1.07 bits per heavy atom. The molecular weight excluding hydrogens is 378 g/mol. The van der Waals surface area contributed by atoms with E-state index >= 15 is 0 Å². The number of benzene rings is 1. The largest absolute Gasteiger partial charge is 0.366 e. The van der Waals surface area contributed by atoms with Gasteiger partial charge in [-0.25, -0.2) is 0 Å². The normalized spacial score (nSPS) is 16.3. The van der Waals surface area contributed by atoms with E-state index in [1.807, 2.05) is 23.1 Å². The summed E-state index contributed by atoms with van der Waals surface area (Å²) >= 11 is 0. The van der Waals surface area contributed by atoms with Gasteiger partial charge in [0.05, 0.1) is 17.8 Å². The molecule has 1 aliphatic rings. The van der Waals surface area contributed by atoms with Crippen molar-refractivity contribution in [2.24, 2.45) is 5.73 Å². The molecule has 1 saturated heterocycles. The first-order chi connectivity index (χ1) is 14.6. The number of hydrogen-bond acceptors (Lipinski definition) is 5. The number of likely N-dealkylation sites (tertiary alicyclic amines) is 1. The summed E-state index contributed by atoms with van der Waals surface area (Å²) in [4.78, 5) is 39.5. The minimum Gasteiger partial charge on any atom is -0.366 e. The lowest BCUT2D eigenvalue weighted by Gasteiger charge is -2.33. The molecule has 4 rings (SSSR count). The number of carbonyl (C=O) groups excluding carboxylic acids is 2. The number of pyridine rings is 1. The summed E-state index contributed by atoms with van der Waals surface area (Å²) in [5.41, 5.74) is 9.20. The summed E-state index contributed by atoms with van der Waals surface area (Å²) in [5, 5.41) is 0. The van der Waals surface area contributed by atoms with Crippen LogP contribution >= 0.6 is 0 Å². The second-order valence-corrected chi connectivity index (χ2v) is 7.45. The van der Waals surface area contributed by atoms with Crippen molar-refractivity contribution in [1.29, 1.82) is 0 Å². The van der Waals surface area contributed by atoms with Gasteiger partial charge in [0.2, 0.25) is 11.8 Å². The number of nitrogens with two attached hydrogens (primary N) is 1. The number of carbonyl (C=O) groups is 2. The van der Waals surface area contributed by atoms with Crippen molar-refractivity contribution in [3.8, 4) is 11.3 Å². The minimum absolute atomic E-state index is 0.0843. The molecule has 2 amide bonds. The van der Waals surface area contributed by atoms with Crippen molar-refractivity contribution in [3.05, 3.63) is 78.0 Å². The Morgan fingerprint density at radius 3 is 2.67 bits per heavy atom. The number of primary amides is 1. The van der Waals surface area contributed by atoms with Crippen LogP contribution in [0, 0.1) is 0 Å². The van der Waals surface area contributed by atoms with Crippen LogP contribution in [0.15, 0.2) is 61.2 Å². The van der Waals surface area contributed by atoms with Crippen molar-refractivity contribution >= 4 is 11.8 Å². The molecule has 3 heterocycles. The Hall–Kier alpha value is -3.61. The van der Waals surface area contributed by atoms with Crippen LogP contribution in [0.2, 0.25) is 0 Å². The van der Waals surface area contributed by atoms with E-state index in [9.17, 15) is 9.59 Å². The summed E-state index contributed by atoms with van der Waals surface area (Å²) in [6.45, 7) is 1.35. The van der Waals surface area contributed by atoms with E-state index in [1.54, 1.807) is 43.0 Å². The Balaban J connectivity index is 1.56. The van der Waals surface area contributed by atoms with Gasteiger partial charge in [-0.15, -0.1) is 0 Å². The zero-order valence-electron chi connectivity index (χ0n) is 16.6. The molecule has 2 N–H and O–H groups in total. The van der Waals surface area contributed by atoms with Gasteiger partial charge in [-0.1, -0.05) is 12.1 Å². The van der Waals surface area contributed by atoms with Gasteiger partial charge in [-0.2, -0.15) is 0 Å². The highest BCUT2D eigenvalue weighted by Gasteiger charge is 2.28. The lowest BCUT2D eigenvalue weighted by molar-refractivity contribution is -0.131. The van der Waals surface area contributed by atoms with E-state index in [1.165, 1.54) is 0 Å². The Bertz CT molecular complexity index is 1050. The van der Waals surface area contributed by atoms with Gasteiger partial charge in [0, 0.05) is 54.9 Å². The summed E-state index contributed by atoms with van der Waals surface area (Å²) in [5.74, 6) is -0.291. The fourth-order valence-electron chi connectivity index (χ4n) is 3.90. The molecular formula is C23H23N5O2. The van der Waals surface area contributed by atoms with E-state index in [0.717, 1.165) is 41.9 Å². The molecule has 7 nitrogen and oxygen atoms in total. The SMILES string of the molecule is NC(=O)c1cccc(-c2nccnc2C2CCCN(C(=O)Cc3ccncc3)C2)c1. The second kappa shape index (κ2) is 8.82. The average Bonchev–Trinajstić information content (AvgIpc) is 2.80. The highest BCUT2D eigenvalue weighted by Crippen LogP contribution is 2.32. The predicted octanol–water partition coefficient (Wildman–Crippen LogP) is 2.59. The molecule has 1 unspecified atom stereocenters. The number of piperidine rings is 1. The molecule has 1 atom stereocenters. The number of aromatic nitrogens is 3. The molecule has 152 valence electrons. The molecule has 0 saturated carbocycles. The van der Waals surface area contributed by atoms with Gasteiger partial charge in [-0.05, 0) is 42.7 Å². The summed E-state index contributed by atoms with van der Waals surface area (Å²) in [6.07, 6.45) is 8.92. The maximum absolute atomic E-state index is 12.8. The standard InChI is InChI=1S/C23H23N5O2/c24-23(30)18-4-1-3-17(14-18)21-22(27-11-10-26-21)19-5-2-12-28(15-19)20(29)13-16-6-8-25-9-7-16/h1,3-4,6-11,14,19H,2,5,12-13,15H2,(H2,24,30). The first kappa shape index (κ1) is 19.7. The van der Waals surface area contributed by atoms with Crippen molar-refractivity contribution in [1.82, 2.24) is 19.9 Å². The van der Waals surface area contributed by atoms with Crippen LogP contribution in [0.5, 0.6) is 0 Å². The maximum Gasteiger partial charge on any atom is 0.248 e. The van der Waals surface area contributed by atoms with E-state index in [2.05, 4.69) is 15.0 Å². The van der Waals surface area contributed by atoms with E-state index in [4.69, 9.17) is 5.73 Å². The fraction of sp³-hybridized carbons (Fsp3) is 0.261. The molecule has 3 aromatic rings. The van der Waals surface area contributed by atoms with Crippen LogP contribution < -0.4 is 5.73 Å². The Labute approximate surface area is 175 Å². The van der Waals surface area contributed by atoms with Crippen LogP contribution in [0.3, 0.4) is 0 Å². The second-order valence-electron chi connectivity index (χ2n) is 7.45. The third-order valence-electron chi connectivity index (χ3n) is 5.41. The Kier molecular flexibility index (Phi) is 5.79. The van der Waals surface area contributed by atoms with Crippen LogP contribution in [0.25, 0.3) is 11.3 Å². The van der Waals surface area contributed by atoms with Gasteiger partial charge in [-0.3, -0.25) is 24.5 Å². The van der Waals surface area contributed by atoms with Gasteiger partial charge in [0.25, 0.3) is 0 Å². The molecule has 30 heavy (non-hydrogen) atoms. The highest BCUT2D eigenvalue weighted by molar-refractivity contribution is 5.94. The lowest BCUT2D eigenvalue weighted by Crippen LogP contribution is -2.40. The van der Waals surface area contributed by atoms with Crippen LogP contribution in [0.4, 0.5) is 0 Å². The molecule has 0 radical (unpaired) electrons. The zero-order chi connectivity index (χ0) is 20.9. The van der Waals surface area contributed by atoms with Gasteiger partial charge < -0.3 is 10.6 Å². The predicted molar refractivity (Wildman–Crippen MR) is 112 cm³/mol. The maximum atomic E-state index is 12.8. The summed E-state index contributed by atoms with van der Waals surface area (Å²) in [7, 11) is 0. The quantitative estimate of drug-likeness (QED) is 0.708. The topological polar surface area (TPSA) is 102 Å². The molecule has 1 aliphatic heterocycles. The van der Waals surface area contributed by atoms with Crippen LogP contribution in [0.1, 0.15) is 40.4 Å². The third kappa shape index (κ3) is 4.35. The monoisotopic (exact) mass is 401 g/mol. The minimum atomic E-state index is -0.479. The summed E-state index contributed by atoms with van der Waals surface area (Å²) in [6, 6.07) is 10.8. The van der Waals surface area contributed by atoms with Gasteiger partial charge in [0.15, 0.2) is 0 Å². The molecule has 0 aliphatic carbocycles.